The van der Waals surface area contributed by atoms with Crippen molar-refractivity contribution in [2.24, 2.45) is 0 Å². The van der Waals surface area contributed by atoms with E-state index in [9.17, 15) is 66.7 Å². The maximum Gasteiger partial charge on any atom is 0.229 e. The molecule has 0 saturated carbocycles. The lowest BCUT2D eigenvalue weighted by atomic mass is 9.91. The molecule has 4 atom stereocenters. The van der Waals surface area contributed by atoms with Gasteiger partial charge < -0.3 is 46.8 Å². The van der Waals surface area contributed by atoms with Crippen LogP contribution in [0.2, 0.25) is 5.02 Å². The van der Waals surface area contributed by atoms with E-state index in [-0.39, 0.29) is 130 Å². The molecule has 28 heteroatoms. The van der Waals surface area contributed by atoms with Gasteiger partial charge in [0.15, 0.2) is 23.3 Å². The number of nitrogens with zero attached hydrogens (tertiary/aromatic N) is 8. The van der Waals surface area contributed by atoms with Crippen LogP contribution in [0.4, 0.5) is 45.2 Å². The second-order valence-corrected chi connectivity index (χ2v) is 34.3. The highest BCUT2D eigenvalue weighted by molar-refractivity contribution is 9.10. The Morgan fingerprint density at radius 3 is 0.779 bits per heavy atom. The van der Waals surface area contributed by atoms with Crippen LogP contribution in [0.1, 0.15) is 137 Å². The summed E-state index contributed by atoms with van der Waals surface area (Å²) in [6, 6.07) is 81.1. The van der Waals surface area contributed by atoms with Crippen LogP contribution in [0.3, 0.4) is 0 Å². The minimum absolute atomic E-state index is 0.0159. The quantitative estimate of drug-likeness (QED) is 0.0320. The minimum atomic E-state index is -1.13. The molecule has 4 heterocycles. The third-order valence-electron chi connectivity index (χ3n) is 23.5. The second-order valence-electron chi connectivity index (χ2n) is 32.9. The molecule has 21 nitrogen and oxygen atoms in total. The van der Waals surface area contributed by atoms with Crippen LogP contribution in [0.15, 0.2) is 296 Å². The standard InChI is InChI=1S/C27H21BrFN3O2.C27H21ClFN3O2.C27H21F2N3O2.C27H22FN3O3/c3*28-19-9-6-16(7-10-19)14-23(33)31-27-25(26(34)17-4-2-1-3-5-17)32-24-21-12-11-20(29)15-18(21)8-13-22(24)30-27;28-19-9-12-21-18(15-19)8-13-22-24(21)31-25(26(34)17-4-2-1-3-5-17)27(29-22)30-23(33)14-16-6-10-20(32)11-7-16/h3*1-7,9-12,15,26,34H,8,13-14H2,(H,30,31,33);1-7,9-12,15,26,32,34H,8,13-14H2,(H,29,30,33). The molecule has 0 radical (unpaired) electrons. The average Bonchev–Trinajstić information content (AvgIpc) is 0.775. The molecular formula is C108H85BrClF5N12O9. The van der Waals surface area contributed by atoms with Gasteiger partial charge in [0, 0.05) is 31.7 Å². The third kappa shape index (κ3) is 22.2. The van der Waals surface area contributed by atoms with E-state index in [4.69, 9.17) is 41.5 Å². The van der Waals surface area contributed by atoms with Crippen LogP contribution >= 0.6 is 27.5 Å². The normalized spacial score (nSPS) is 13.0. The number of aryl methyl sites for hydroxylation is 8. The zero-order valence-corrected chi connectivity index (χ0v) is 74.9. The maximum absolute atomic E-state index is 13.8. The number of anilines is 4. The van der Waals surface area contributed by atoms with Crippen molar-refractivity contribution in [2.75, 3.05) is 21.3 Å². The first-order valence-corrected chi connectivity index (χ1v) is 45.0. The first-order chi connectivity index (χ1) is 65.9. The number of rotatable bonds is 20. The molecule has 0 saturated heterocycles. The maximum atomic E-state index is 13.8. The number of nitrogens with one attached hydrogen (secondary N) is 4. The molecule has 680 valence electrons. The molecule has 4 aliphatic rings. The lowest BCUT2D eigenvalue weighted by molar-refractivity contribution is -0.116. The first-order valence-electron chi connectivity index (χ1n) is 43.8. The van der Waals surface area contributed by atoms with E-state index in [0.717, 1.165) is 65.7 Å². The van der Waals surface area contributed by atoms with Crippen molar-refractivity contribution >= 4 is 74.4 Å². The van der Waals surface area contributed by atoms with E-state index >= 15 is 0 Å². The summed E-state index contributed by atoms with van der Waals surface area (Å²) in [6.45, 7) is 0. The first kappa shape index (κ1) is 92.7. The van der Waals surface area contributed by atoms with Crippen molar-refractivity contribution in [3.8, 4) is 50.8 Å². The molecule has 136 heavy (non-hydrogen) atoms. The molecule has 12 aromatic carbocycles. The SMILES string of the molecule is O=C(Cc1ccc(Br)cc1)Nc1nc2c(nc1C(O)c1ccccc1)-c1ccc(F)cc1CC2.O=C(Cc1ccc(Cl)cc1)Nc1nc2c(nc1C(O)c1ccccc1)-c1ccc(F)cc1CC2.O=C(Cc1ccc(F)cc1)Nc1nc2c(nc1C(O)c1ccccc1)-c1ccc(F)cc1CC2.O=C(Cc1ccc(O)cc1)Nc1nc2c(nc1C(O)c1ccccc1)-c1ccc(F)cc1CC2. The van der Waals surface area contributed by atoms with Gasteiger partial charge in [0.05, 0.1) is 71.2 Å². The molecule has 4 amide bonds. The fraction of sp³-hybridized carbons (Fsp3) is 0.148. The Bertz CT molecular complexity index is 6290. The summed E-state index contributed by atoms with van der Waals surface area (Å²) in [7, 11) is 0. The van der Waals surface area contributed by atoms with E-state index in [1.54, 1.807) is 133 Å². The molecule has 20 rings (SSSR count). The van der Waals surface area contributed by atoms with Gasteiger partial charge in [-0.3, -0.25) is 19.2 Å². The predicted octanol–water partition coefficient (Wildman–Crippen LogP) is 19.8. The van der Waals surface area contributed by atoms with E-state index < -0.39 is 24.4 Å². The van der Waals surface area contributed by atoms with Gasteiger partial charge in [-0.05, 0) is 239 Å². The van der Waals surface area contributed by atoms with Crippen LogP contribution < -0.4 is 21.3 Å². The lowest BCUT2D eigenvalue weighted by Gasteiger charge is -2.22. The molecule has 16 aromatic rings. The number of amides is 4. The fourth-order valence-electron chi connectivity index (χ4n) is 16.7. The monoisotopic (exact) mass is 1900 g/mol. The highest BCUT2D eigenvalue weighted by atomic mass is 79.9. The number of halogens is 7. The van der Waals surface area contributed by atoms with Crippen molar-refractivity contribution in [1.82, 2.24) is 39.9 Å². The number of hydrogen-bond donors (Lipinski definition) is 9. The van der Waals surface area contributed by atoms with Crippen LogP contribution in [-0.4, -0.2) is 89.0 Å². The number of phenolic OH excluding ortho intramolecular Hbond substituents is 1. The van der Waals surface area contributed by atoms with Crippen molar-refractivity contribution in [3.05, 3.63) is 442 Å². The number of aliphatic hydroxyl groups is 4. The van der Waals surface area contributed by atoms with Crippen LogP contribution in [0, 0.1) is 29.1 Å². The second kappa shape index (κ2) is 42.0. The summed E-state index contributed by atoms with van der Waals surface area (Å²) in [4.78, 5) is 89.1. The Morgan fingerprint density at radius 2 is 0.522 bits per heavy atom. The number of hydrogen-bond acceptors (Lipinski definition) is 17. The zero-order valence-electron chi connectivity index (χ0n) is 72.6. The van der Waals surface area contributed by atoms with Gasteiger partial charge in [0.1, 0.15) is 82.0 Å². The van der Waals surface area contributed by atoms with E-state index in [0.29, 0.717) is 130 Å². The molecule has 0 bridgehead atoms. The summed E-state index contributed by atoms with van der Waals surface area (Å²) in [5.41, 5.74) is 18.0. The molecule has 4 unspecified atom stereocenters. The number of benzene rings is 12. The number of carbonyl (C=O) groups excluding carboxylic acids is 4. The Labute approximate surface area is 791 Å². The van der Waals surface area contributed by atoms with Crippen molar-refractivity contribution in [2.45, 2.75) is 101 Å². The van der Waals surface area contributed by atoms with Crippen molar-refractivity contribution in [3.63, 3.8) is 0 Å². The highest BCUT2D eigenvalue weighted by Crippen LogP contribution is 2.42. The minimum Gasteiger partial charge on any atom is -0.508 e. The summed E-state index contributed by atoms with van der Waals surface area (Å²) in [5, 5.41) is 66.0. The molecule has 4 aliphatic carbocycles. The van der Waals surface area contributed by atoms with E-state index in [1.807, 2.05) is 84.9 Å². The Balaban J connectivity index is 0.000000126. The fourth-order valence-corrected chi connectivity index (χ4v) is 17.1. The number of fused-ring (bicyclic) bond motifs is 12. The highest BCUT2D eigenvalue weighted by Gasteiger charge is 2.33. The number of phenols is 1. The van der Waals surface area contributed by atoms with E-state index in [1.165, 1.54) is 72.8 Å². The van der Waals surface area contributed by atoms with Crippen LogP contribution in [0.5, 0.6) is 5.75 Å². The molecule has 0 fully saturated rings. The van der Waals surface area contributed by atoms with E-state index in [2.05, 4.69) is 47.2 Å². The summed E-state index contributed by atoms with van der Waals surface area (Å²) in [5.74, 6) is -1.85. The number of aliphatic hydroxyl groups excluding tert-OH is 4. The number of aromatic nitrogens is 8. The predicted molar refractivity (Wildman–Crippen MR) is 511 cm³/mol. The number of aromatic hydroxyl groups is 1. The van der Waals surface area contributed by atoms with Gasteiger partial charge in [-0.25, -0.2) is 61.8 Å². The van der Waals surface area contributed by atoms with Crippen LogP contribution in [0.25, 0.3) is 45.0 Å². The average molecular weight is 1910 g/mol. The van der Waals surface area contributed by atoms with Gasteiger partial charge in [0.2, 0.25) is 23.6 Å². The third-order valence-corrected chi connectivity index (χ3v) is 24.2. The number of carbonyl (C=O) groups is 4. The lowest BCUT2D eigenvalue weighted by Crippen LogP contribution is -2.21. The molecule has 4 aromatic heterocycles. The topological polar surface area (TPSA) is 321 Å². The van der Waals surface area contributed by atoms with Crippen molar-refractivity contribution in [1.29, 1.82) is 0 Å². The zero-order chi connectivity index (χ0) is 94.6. The Hall–Kier alpha value is -15.1. The molecule has 9 N–H and O–H groups in total. The molecule has 0 aliphatic heterocycles. The van der Waals surface area contributed by atoms with Gasteiger partial charge in [-0.1, -0.05) is 197 Å². The van der Waals surface area contributed by atoms with Crippen LogP contribution in [-0.2, 0) is 96.2 Å². The largest absolute Gasteiger partial charge is 0.508 e. The summed E-state index contributed by atoms with van der Waals surface area (Å²) < 4.78 is 69.2. The Kier molecular flexibility index (Phi) is 28.6. The van der Waals surface area contributed by atoms with Gasteiger partial charge in [-0.2, -0.15) is 0 Å². The molecule has 0 spiro atoms. The van der Waals surface area contributed by atoms with Gasteiger partial charge in [-0.15, -0.1) is 0 Å². The molecular weight excluding hydrogens is 1820 g/mol. The summed E-state index contributed by atoms with van der Waals surface area (Å²) in [6.07, 6.45) is 0.573. The van der Waals surface area contributed by atoms with Crippen molar-refractivity contribution < 1.29 is 66.7 Å². The van der Waals surface area contributed by atoms with Gasteiger partial charge >= 0.3 is 0 Å². The smallest absolute Gasteiger partial charge is 0.229 e. The Morgan fingerprint density at radius 1 is 0.294 bits per heavy atom. The summed E-state index contributed by atoms with van der Waals surface area (Å²) >= 11 is 9.33. The van der Waals surface area contributed by atoms with Gasteiger partial charge in [0.25, 0.3) is 0 Å².